The number of rotatable bonds is 4. The first-order valence-electron chi connectivity index (χ1n) is 9.83. The normalized spacial score (nSPS) is 13.4. The van der Waals surface area contributed by atoms with Crippen LogP contribution in [-0.4, -0.2) is 44.6 Å². The van der Waals surface area contributed by atoms with E-state index in [-0.39, 0.29) is 23.4 Å². The fourth-order valence-corrected chi connectivity index (χ4v) is 3.66. The number of fused-ring (bicyclic) bond motifs is 2. The molecule has 10 heteroatoms. The summed E-state index contributed by atoms with van der Waals surface area (Å²) < 4.78 is 35.0. The van der Waals surface area contributed by atoms with Gasteiger partial charge in [-0.1, -0.05) is 5.21 Å². The van der Waals surface area contributed by atoms with Crippen molar-refractivity contribution in [3.63, 3.8) is 0 Å². The number of anilines is 3. The molecule has 158 valence electrons. The maximum absolute atomic E-state index is 14.8. The third-order valence-electron chi connectivity index (χ3n) is 5.13. The van der Waals surface area contributed by atoms with Gasteiger partial charge < -0.3 is 15.0 Å². The predicted octanol–water partition coefficient (Wildman–Crippen LogP) is 4.04. The molecule has 0 spiro atoms. The van der Waals surface area contributed by atoms with E-state index in [4.69, 9.17) is 4.74 Å². The minimum atomic E-state index is -0.647. The van der Waals surface area contributed by atoms with E-state index in [0.29, 0.717) is 35.6 Å². The second kappa shape index (κ2) is 7.46. The monoisotopic (exact) mass is 423 g/mol. The topological polar surface area (TPSA) is 91.9 Å². The number of nitrogens with zero attached hydrogens (tertiary/aromatic N) is 5. The molecule has 3 heterocycles. The zero-order valence-electron chi connectivity index (χ0n) is 16.9. The number of nitrogens with one attached hydrogen (secondary N) is 2. The maximum Gasteiger partial charge on any atom is 0.227 e. The minimum absolute atomic E-state index is 0.00207. The van der Waals surface area contributed by atoms with E-state index in [1.54, 1.807) is 24.3 Å². The van der Waals surface area contributed by atoms with Crippen molar-refractivity contribution < 1.29 is 13.5 Å². The summed E-state index contributed by atoms with van der Waals surface area (Å²) in [7, 11) is 0. The molecule has 2 aromatic carbocycles. The zero-order chi connectivity index (χ0) is 21.5. The standard InChI is InChI=1S/C21H19F2N7O/c1-11(2)30-5-6-31-20-14(22)7-12(8-18(20)30)19-15(23)10-24-21(26-19)25-13-3-4-16-17(9-13)28-29-27-16/h3-4,7-11H,5-6H2,1-2H3,(H,24,25,26)(H,27,28,29). The number of hydrogen-bond donors (Lipinski definition) is 2. The van der Waals surface area contributed by atoms with Crippen molar-refractivity contribution in [3.8, 4) is 17.0 Å². The van der Waals surface area contributed by atoms with E-state index in [1.807, 2.05) is 18.7 Å². The van der Waals surface area contributed by atoms with Crippen LogP contribution in [0.15, 0.2) is 36.5 Å². The van der Waals surface area contributed by atoms with Gasteiger partial charge in [0.2, 0.25) is 5.95 Å². The summed E-state index contributed by atoms with van der Waals surface area (Å²) in [6.07, 6.45) is 1.06. The molecule has 0 saturated carbocycles. The van der Waals surface area contributed by atoms with Crippen LogP contribution >= 0.6 is 0 Å². The fraction of sp³-hybridized carbons (Fsp3) is 0.238. The summed E-state index contributed by atoms with van der Waals surface area (Å²) in [6.45, 7) is 5.04. The van der Waals surface area contributed by atoms with Gasteiger partial charge in [0.1, 0.15) is 17.8 Å². The van der Waals surface area contributed by atoms with Gasteiger partial charge >= 0.3 is 0 Å². The molecule has 2 N–H and O–H groups in total. The third kappa shape index (κ3) is 3.49. The van der Waals surface area contributed by atoms with Crippen LogP contribution in [0.2, 0.25) is 0 Å². The Hall–Kier alpha value is -3.82. The Morgan fingerprint density at radius 3 is 2.87 bits per heavy atom. The van der Waals surface area contributed by atoms with Crippen molar-refractivity contribution in [1.29, 1.82) is 0 Å². The highest BCUT2D eigenvalue weighted by Gasteiger charge is 2.25. The van der Waals surface area contributed by atoms with Crippen LogP contribution < -0.4 is 15.0 Å². The van der Waals surface area contributed by atoms with Gasteiger partial charge in [0, 0.05) is 17.3 Å². The SMILES string of the molecule is CC(C)N1CCOc2c(F)cc(-c3nc(Nc4ccc5nn[nH]c5c4)ncc3F)cc21. The zero-order valence-corrected chi connectivity index (χ0v) is 16.9. The van der Waals surface area contributed by atoms with Crippen LogP contribution in [-0.2, 0) is 0 Å². The first-order valence-corrected chi connectivity index (χ1v) is 9.83. The quantitative estimate of drug-likeness (QED) is 0.512. The first kappa shape index (κ1) is 19.2. The van der Waals surface area contributed by atoms with Crippen molar-refractivity contribution in [2.24, 2.45) is 0 Å². The molecular weight excluding hydrogens is 404 g/mol. The minimum Gasteiger partial charge on any atom is -0.486 e. The van der Waals surface area contributed by atoms with Gasteiger partial charge in [-0.05, 0) is 44.2 Å². The van der Waals surface area contributed by atoms with Crippen LogP contribution in [0, 0.1) is 11.6 Å². The molecule has 0 fully saturated rings. The van der Waals surface area contributed by atoms with Gasteiger partial charge in [-0.15, -0.1) is 5.10 Å². The van der Waals surface area contributed by atoms with E-state index in [9.17, 15) is 8.78 Å². The molecule has 8 nitrogen and oxygen atoms in total. The largest absolute Gasteiger partial charge is 0.486 e. The van der Waals surface area contributed by atoms with Crippen LogP contribution in [0.1, 0.15) is 13.8 Å². The average Bonchev–Trinajstić information content (AvgIpc) is 3.22. The van der Waals surface area contributed by atoms with E-state index >= 15 is 0 Å². The van der Waals surface area contributed by atoms with Crippen LogP contribution in [0.25, 0.3) is 22.3 Å². The number of aromatic amines is 1. The summed E-state index contributed by atoms with van der Waals surface area (Å²) in [5, 5.41) is 13.5. The number of hydrogen-bond acceptors (Lipinski definition) is 7. The summed E-state index contributed by atoms with van der Waals surface area (Å²) in [4.78, 5) is 10.3. The molecule has 0 amide bonds. The van der Waals surface area contributed by atoms with Gasteiger partial charge in [0.25, 0.3) is 0 Å². The van der Waals surface area contributed by atoms with Gasteiger partial charge in [-0.25, -0.2) is 18.7 Å². The van der Waals surface area contributed by atoms with Crippen molar-refractivity contribution in [3.05, 3.63) is 48.2 Å². The second-order valence-electron chi connectivity index (χ2n) is 7.50. The van der Waals surface area contributed by atoms with E-state index in [1.165, 1.54) is 6.07 Å². The number of aromatic nitrogens is 5. The van der Waals surface area contributed by atoms with Crippen molar-refractivity contribution in [1.82, 2.24) is 25.4 Å². The van der Waals surface area contributed by atoms with Gasteiger partial charge in [0.15, 0.2) is 17.4 Å². The van der Waals surface area contributed by atoms with E-state index in [0.717, 1.165) is 11.7 Å². The molecular formula is C21H19F2N7O. The van der Waals surface area contributed by atoms with Crippen LogP contribution in [0.5, 0.6) is 5.75 Å². The van der Waals surface area contributed by atoms with Crippen LogP contribution in [0.3, 0.4) is 0 Å². The molecule has 0 radical (unpaired) electrons. The summed E-state index contributed by atoms with van der Waals surface area (Å²) in [5.74, 6) is -0.843. The molecule has 1 aliphatic heterocycles. The number of halogens is 2. The Bertz CT molecular complexity index is 1270. The second-order valence-corrected chi connectivity index (χ2v) is 7.50. The Labute approximate surface area is 176 Å². The van der Waals surface area contributed by atoms with E-state index < -0.39 is 11.6 Å². The molecule has 0 bridgehead atoms. The lowest BCUT2D eigenvalue weighted by Gasteiger charge is -2.34. The fourth-order valence-electron chi connectivity index (χ4n) is 3.66. The molecule has 0 saturated heterocycles. The van der Waals surface area contributed by atoms with E-state index in [2.05, 4.69) is 30.7 Å². The van der Waals surface area contributed by atoms with Crippen molar-refractivity contribution in [2.75, 3.05) is 23.4 Å². The summed E-state index contributed by atoms with van der Waals surface area (Å²) in [6, 6.07) is 8.43. The lowest BCUT2D eigenvalue weighted by molar-refractivity contribution is 0.287. The van der Waals surface area contributed by atoms with Crippen molar-refractivity contribution in [2.45, 2.75) is 19.9 Å². The van der Waals surface area contributed by atoms with Gasteiger partial charge in [-0.3, -0.25) is 5.10 Å². The highest BCUT2D eigenvalue weighted by Crippen LogP contribution is 2.39. The number of H-pyrrole nitrogens is 1. The molecule has 0 unspecified atom stereocenters. The highest BCUT2D eigenvalue weighted by atomic mass is 19.1. The average molecular weight is 423 g/mol. The molecule has 4 aromatic rings. The summed E-state index contributed by atoms with van der Waals surface area (Å²) in [5.41, 5.74) is 3.01. The lowest BCUT2D eigenvalue weighted by atomic mass is 10.1. The number of benzene rings is 2. The Morgan fingerprint density at radius 2 is 2.03 bits per heavy atom. The van der Waals surface area contributed by atoms with Gasteiger partial charge in [0.05, 0.1) is 23.9 Å². The molecule has 0 atom stereocenters. The smallest absolute Gasteiger partial charge is 0.227 e. The Balaban J connectivity index is 1.53. The van der Waals surface area contributed by atoms with Gasteiger partial charge in [-0.2, -0.15) is 0 Å². The first-order chi connectivity index (χ1) is 15.0. The number of ether oxygens (including phenoxy) is 1. The Morgan fingerprint density at radius 1 is 1.16 bits per heavy atom. The molecule has 31 heavy (non-hydrogen) atoms. The van der Waals surface area contributed by atoms with Crippen molar-refractivity contribution >= 4 is 28.4 Å². The third-order valence-corrected chi connectivity index (χ3v) is 5.13. The molecule has 1 aliphatic rings. The lowest BCUT2D eigenvalue weighted by Crippen LogP contribution is -2.38. The molecule has 5 rings (SSSR count). The predicted molar refractivity (Wildman–Crippen MR) is 113 cm³/mol. The summed E-state index contributed by atoms with van der Waals surface area (Å²) >= 11 is 0. The highest BCUT2D eigenvalue weighted by molar-refractivity contribution is 5.79. The maximum atomic E-state index is 14.8. The Kier molecular flexibility index (Phi) is 4.61. The molecule has 0 aliphatic carbocycles. The molecule has 2 aromatic heterocycles. The van der Waals surface area contributed by atoms with Crippen LogP contribution in [0.4, 0.5) is 26.1 Å².